The van der Waals surface area contributed by atoms with E-state index in [1.54, 1.807) is 20.0 Å². The van der Waals surface area contributed by atoms with Crippen LogP contribution in [0.15, 0.2) is 53.3 Å². The normalized spacial score (nSPS) is 11.8. The summed E-state index contributed by atoms with van der Waals surface area (Å²) in [6.45, 7) is 5.48. The van der Waals surface area contributed by atoms with Crippen molar-refractivity contribution in [3.63, 3.8) is 0 Å². The van der Waals surface area contributed by atoms with Gasteiger partial charge in [0.25, 0.3) is 0 Å². The minimum atomic E-state index is -0.293. The lowest BCUT2D eigenvalue weighted by atomic mass is 10.0. The maximum Gasteiger partial charge on any atom is 0.319 e. The molecule has 0 fully saturated rings. The van der Waals surface area contributed by atoms with Gasteiger partial charge >= 0.3 is 6.03 Å². The third-order valence-electron chi connectivity index (χ3n) is 4.03. The number of anilines is 1. The Balaban J connectivity index is 1.65. The highest BCUT2D eigenvalue weighted by atomic mass is 16.5. The molecule has 0 aliphatic carbocycles. The van der Waals surface area contributed by atoms with Crippen molar-refractivity contribution in [2.75, 3.05) is 5.32 Å². The Morgan fingerprint density at radius 1 is 1.12 bits per heavy atom. The monoisotopic (exact) mass is 336 g/mol. The quantitative estimate of drug-likeness (QED) is 0.747. The first-order chi connectivity index (χ1) is 12.0. The van der Waals surface area contributed by atoms with Crippen molar-refractivity contribution < 1.29 is 9.32 Å². The molecule has 3 rings (SSSR count). The molecule has 25 heavy (non-hydrogen) atoms. The first-order valence-electron chi connectivity index (χ1n) is 8.05. The largest absolute Gasteiger partial charge is 0.359 e. The number of carbonyl (C=O) groups is 1. The number of rotatable bonds is 4. The van der Waals surface area contributed by atoms with Crippen LogP contribution in [0.5, 0.6) is 0 Å². The van der Waals surface area contributed by atoms with Crippen LogP contribution in [-0.2, 0) is 0 Å². The van der Waals surface area contributed by atoms with Crippen LogP contribution in [0, 0.1) is 13.8 Å². The molecule has 0 saturated carbocycles. The van der Waals surface area contributed by atoms with E-state index in [4.69, 9.17) is 4.52 Å². The fourth-order valence-electron chi connectivity index (χ4n) is 2.59. The number of aromatic nitrogens is 2. The molecular weight excluding hydrogens is 316 g/mol. The van der Waals surface area contributed by atoms with E-state index in [1.165, 1.54) is 0 Å². The number of pyridine rings is 1. The van der Waals surface area contributed by atoms with Crippen LogP contribution >= 0.6 is 0 Å². The van der Waals surface area contributed by atoms with Crippen LogP contribution in [0.3, 0.4) is 0 Å². The first kappa shape index (κ1) is 16.7. The molecule has 0 aliphatic heterocycles. The lowest BCUT2D eigenvalue weighted by Gasteiger charge is -2.15. The Morgan fingerprint density at radius 2 is 1.88 bits per heavy atom. The van der Waals surface area contributed by atoms with Gasteiger partial charge in [-0.3, -0.25) is 4.98 Å². The summed E-state index contributed by atoms with van der Waals surface area (Å²) in [5.41, 5.74) is 4.43. The number of benzene rings is 1. The Bertz CT molecular complexity index is 837. The first-order valence-corrected chi connectivity index (χ1v) is 8.05. The van der Waals surface area contributed by atoms with Crippen molar-refractivity contribution in [3.05, 3.63) is 65.8 Å². The number of amides is 2. The Kier molecular flexibility index (Phi) is 4.79. The standard InChI is InChI=1S/C19H20N4O2/c1-12(21-19(24)22-18-13(2)23-25-14(18)3)15-6-8-16(9-7-15)17-5-4-10-20-11-17/h4-12H,1-3H3,(H2,21,22,24)/t12-/m0/s1. The van der Waals surface area contributed by atoms with Crippen LogP contribution in [0.4, 0.5) is 10.5 Å². The second-order valence-corrected chi connectivity index (χ2v) is 5.88. The number of carbonyl (C=O) groups excluding carboxylic acids is 1. The summed E-state index contributed by atoms with van der Waals surface area (Å²) in [6.07, 6.45) is 3.58. The average molecular weight is 336 g/mol. The molecule has 1 aromatic carbocycles. The maximum absolute atomic E-state index is 12.2. The molecule has 0 bridgehead atoms. The molecule has 6 nitrogen and oxygen atoms in total. The van der Waals surface area contributed by atoms with E-state index in [9.17, 15) is 4.79 Å². The number of nitrogens with one attached hydrogen (secondary N) is 2. The van der Waals surface area contributed by atoms with Gasteiger partial charge in [0.1, 0.15) is 11.4 Å². The van der Waals surface area contributed by atoms with Gasteiger partial charge in [0.05, 0.1) is 6.04 Å². The summed E-state index contributed by atoms with van der Waals surface area (Å²) in [5.74, 6) is 0.584. The highest BCUT2D eigenvalue weighted by molar-refractivity contribution is 5.90. The minimum absolute atomic E-state index is 0.136. The average Bonchev–Trinajstić information content (AvgIpc) is 2.94. The van der Waals surface area contributed by atoms with Gasteiger partial charge in [-0.05, 0) is 43.5 Å². The smallest absolute Gasteiger partial charge is 0.319 e. The number of aryl methyl sites for hydroxylation is 2. The second kappa shape index (κ2) is 7.17. The predicted molar refractivity (Wildman–Crippen MR) is 96.2 cm³/mol. The molecule has 128 valence electrons. The lowest BCUT2D eigenvalue weighted by Crippen LogP contribution is -2.31. The SMILES string of the molecule is Cc1noc(C)c1NC(=O)N[C@@H](C)c1ccc(-c2cccnc2)cc1. The molecule has 0 radical (unpaired) electrons. The van der Waals surface area contributed by atoms with Gasteiger partial charge < -0.3 is 15.2 Å². The van der Waals surface area contributed by atoms with E-state index in [0.29, 0.717) is 17.1 Å². The molecule has 2 amide bonds. The summed E-state index contributed by atoms with van der Waals surface area (Å²) in [6, 6.07) is 11.6. The molecule has 0 aliphatic rings. The van der Waals surface area contributed by atoms with Crippen LogP contribution in [0.2, 0.25) is 0 Å². The van der Waals surface area contributed by atoms with Gasteiger partial charge in [-0.15, -0.1) is 0 Å². The molecule has 3 aromatic rings. The molecule has 0 unspecified atom stereocenters. The van der Waals surface area contributed by atoms with Crippen LogP contribution < -0.4 is 10.6 Å². The zero-order valence-corrected chi connectivity index (χ0v) is 14.4. The lowest BCUT2D eigenvalue weighted by molar-refractivity contribution is 0.249. The van der Waals surface area contributed by atoms with Gasteiger partial charge in [0, 0.05) is 12.4 Å². The minimum Gasteiger partial charge on any atom is -0.359 e. The Morgan fingerprint density at radius 3 is 2.48 bits per heavy atom. The summed E-state index contributed by atoms with van der Waals surface area (Å²) in [7, 11) is 0. The Labute approximate surface area is 146 Å². The second-order valence-electron chi connectivity index (χ2n) is 5.88. The topological polar surface area (TPSA) is 80.0 Å². The zero-order valence-electron chi connectivity index (χ0n) is 14.4. The summed E-state index contributed by atoms with van der Waals surface area (Å²) in [4.78, 5) is 16.3. The summed E-state index contributed by atoms with van der Waals surface area (Å²) >= 11 is 0. The van der Waals surface area contributed by atoms with Gasteiger partial charge in [-0.1, -0.05) is 35.5 Å². The number of hydrogen-bond acceptors (Lipinski definition) is 4. The molecular formula is C19H20N4O2. The van der Waals surface area contributed by atoms with Crippen LogP contribution in [-0.4, -0.2) is 16.2 Å². The van der Waals surface area contributed by atoms with Crippen molar-refractivity contribution in [2.45, 2.75) is 26.8 Å². The van der Waals surface area contributed by atoms with E-state index in [0.717, 1.165) is 16.7 Å². The van der Waals surface area contributed by atoms with Gasteiger partial charge in [0.2, 0.25) is 0 Å². The number of urea groups is 1. The Hall–Kier alpha value is -3.15. The molecule has 2 N–H and O–H groups in total. The number of nitrogens with zero attached hydrogens (tertiary/aromatic N) is 2. The van der Waals surface area contributed by atoms with E-state index in [2.05, 4.69) is 20.8 Å². The van der Waals surface area contributed by atoms with Gasteiger partial charge in [-0.2, -0.15) is 0 Å². The molecule has 0 saturated heterocycles. The fourth-order valence-corrected chi connectivity index (χ4v) is 2.59. The molecule has 2 aromatic heterocycles. The van der Waals surface area contributed by atoms with Crippen molar-refractivity contribution in [1.29, 1.82) is 0 Å². The van der Waals surface area contributed by atoms with Gasteiger partial charge in [0.15, 0.2) is 5.76 Å². The van der Waals surface area contributed by atoms with Gasteiger partial charge in [-0.25, -0.2) is 4.79 Å². The van der Waals surface area contributed by atoms with Crippen LogP contribution in [0.25, 0.3) is 11.1 Å². The van der Waals surface area contributed by atoms with E-state index in [-0.39, 0.29) is 12.1 Å². The third-order valence-corrected chi connectivity index (χ3v) is 4.03. The highest BCUT2D eigenvalue weighted by Crippen LogP contribution is 2.22. The van der Waals surface area contributed by atoms with Crippen molar-refractivity contribution in [3.8, 4) is 11.1 Å². The van der Waals surface area contributed by atoms with E-state index >= 15 is 0 Å². The predicted octanol–water partition coefficient (Wildman–Crippen LogP) is 4.24. The van der Waals surface area contributed by atoms with Crippen molar-refractivity contribution in [2.24, 2.45) is 0 Å². The number of hydrogen-bond donors (Lipinski definition) is 2. The third kappa shape index (κ3) is 3.85. The summed E-state index contributed by atoms with van der Waals surface area (Å²) in [5, 5.41) is 9.52. The van der Waals surface area contributed by atoms with Crippen LogP contribution in [0.1, 0.15) is 30.0 Å². The molecule has 0 spiro atoms. The van der Waals surface area contributed by atoms with E-state index in [1.807, 2.05) is 49.5 Å². The molecule has 6 heteroatoms. The zero-order chi connectivity index (χ0) is 17.8. The molecule has 1 atom stereocenters. The maximum atomic E-state index is 12.2. The van der Waals surface area contributed by atoms with E-state index < -0.39 is 0 Å². The van der Waals surface area contributed by atoms with Crippen molar-refractivity contribution in [1.82, 2.24) is 15.5 Å². The molecule has 2 heterocycles. The fraction of sp³-hybridized carbons (Fsp3) is 0.211. The summed E-state index contributed by atoms with van der Waals surface area (Å²) < 4.78 is 5.04. The highest BCUT2D eigenvalue weighted by Gasteiger charge is 2.14. The van der Waals surface area contributed by atoms with Crippen molar-refractivity contribution >= 4 is 11.7 Å².